The van der Waals surface area contributed by atoms with Crippen LogP contribution in [0.3, 0.4) is 0 Å². The van der Waals surface area contributed by atoms with E-state index in [0.29, 0.717) is 0 Å². The largest absolute Gasteiger partial charge is 0.309 e. The zero-order valence-electron chi connectivity index (χ0n) is 29.8. The first-order chi connectivity index (χ1) is 27.2. The van der Waals surface area contributed by atoms with E-state index in [4.69, 9.17) is 0 Å². The van der Waals surface area contributed by atoms with Crippen molar-refractivity contribution >= 4 is 90.9 Å². The van der Waals surface area contributed by atoms with Crippen molar-refractivity contribution < 1.29 is 0 Å². The van der Waals surface area contributed by atoms with Crippen molar-refractivity contribution in [3.8, 4) is 33.4 Å². The second-order valence-electron chi connectivity index (χ2n) is 14.1. The van der Waals surface area contributed by atoms with E-state index in [-0.39, 0.29) is 0 Å². The summed E-state index contributed by atoms with van der Waals surface area (Å²) >= 11 is 3.76. The van der Waals surface area contributed by atoms with Gasteiger partial charge in [-0.15, -0.1) is 22.7 Å². The summed E-state index contributed by atoms with van der Waals surface area (Å²) in [5.41, 5.74) is 10.8. The maximum atomic E-state index is 2.49. The molecule has 1 nitrogen and oxygen atoms in total. The molecule has 0 atom stereocenters. The average molecular weight is 736 g/mol. The summed E-state index contributed by atoms with van der Waals surface area (Å²) in [5.74, 6) is 0. The molecular formula is C52H33NS2. The number of fused-ring (bicyclic) bond motifs is 7. The summed E-state index contributed by atoms with van der Waals surface area (Å²) in [5, 5.41) is 7.65. The van der Waals surface area contributed by atoms with Gasteiger partial charge in [0.2, 0.25) is 0 Å². The van der Waals surface area contributed by atoms with Crippen LogP contribution in [0.5, 0.6) is 0 Å². The molecule has 0 fully saturated rings. The first-order valence-electron chi connectivity index (χ1n) is 18.7. The van der Waals surface area contributed by atoms with Crippen molar-refractivity contribution in [1.29, 1.82) is 0 Å². The Hall–Kier alpha value is -6.52. The maximum Gasteiger partial charge on any atom is 0.0646 e. The first kappa shape index (κ1) is 32.0. The summed E-state index contributed by atoms with van der Waals surface area (Å²) in [7, 11) is 0. The lowest BCUT2D eigenvalue weighted by Gasteiger charge is -2.27. The van der Waals surface area contributed by atoms with E-state index in [1.165, 1.54) is 90.2 Å². The molecule has 0 aliphatic heterocycles. The smallest absolute Gasteiger partial charge is 0.0646 e. The molecule has 0 unspecified atom stereocenters. The van der Waals surface area contributed by atoms with E-state index in [1.54, 1.807) is 0 Å². The Bertz CT molecular complexity index is 3190. The molecule has 0 aliphatic rings. The van der Waals surface area contributed by atoms with Crippen molar-refractivity contribution in [1.82, 2.24) is 0 Å². The van der Waals surface area contributed by atoms with E-state index < -0.39 is 0 Å². The maximum absolute atomic E-state index is 2.49. The summed E-state index contributed by atoms with van der Waals surface area (Å²) in [6, 6.07) is 73.5. The highest BCUT2D eigenvalue weighted by Crippen LogP contribution is 2.50. The topological polar surface area (TPSA) is 3.24 Å². The molecular weight excluding hydrogens is 703 g/mol. The molecule has 0 saturated carbocycles. The van der Waals surface area contributed by atoms with Crippen molar-refractivity contribution in [2.24, 2.45) is 0 Å². The van der Waals surface area contributed by atoms with Gasteiger partial charge in [0.1, 0.15) is 0 Å². The Labute approximate surface area is 327 Å². The van der Waals surface area contributed by atoms with Crippen LogP contribution < -0.4 is 4.90 Å². The molecule has 9 aromatic carbocycles. The SMILES string of the molecule is c1ccc(-c2cc(N(c3ccc(-c4ccc5ccccc5c4)cc3)c3ccc4sc5ccccc5c4c3)c3sc4c(-c5ccccc5)cccc4c3c2)cc1. The fraction of sp³-hybridized carbons (Fsp3) is 0. The Morgan fingerprint density at radius 3 is 1.80 bits per heavy atom. The summed E-state index contributed by atoms with van der Waals surface area (Å²) in [6.45, 7) is 0. The molecule has 2 aromatic heterocycles. The zero-order valence-corrected chi connectivity index (χ0v) is 31.4. The van der Waals surface area contributed by atoms with Gasteiger partial charge in [-0.05, 0) is 98.8 Å². The van der Waals surface area contributed by atoms with E-state index >= 15 is 0 Å². The predicted octanol–water partition coefficient (Wildman–Crippen LogP) is 16.0. The first-order valence-corrected chi connectivity index (χ1v) is 20.3. The van der Waals surface area contributed by atoms with Crippen LogP contribution in [0.15, 0.2) is 200 Å². The number of benzene rings is 9. The Kier molecular flexibility index (Phi) is 7.61. The van der Waals surface area contributed by atoms with Crippen LogP contribution in [0, 0.1) is 0 Å². The van der Waals surface area contributed by atoms with Crippen LogP contribution in [0.2, 0.25) is 0 Å². The Morgan fingerprint density at radius 2 is 0.964 bits per heavy atom. The van der Waals surface area contributed by atoms with Gasteiger partial charge in [-0.1, -0.05) is 146 Å². The van der Waals surface area contributed by atoms with Gasteiger partial charge in [0.05, 0.1) is 10.4 Å². The van der Waals surface area contributed by atoms with Gasteiger partial charge in [-0.2, -0.15) is 0 Å². The molecule has 0 bridgehead atoms. The van der Waals surface area contributed by atoms with Gasteiger partial charge >= 0.3 is 0 Å². The van der Waals surface area contributed by atoms with Crippen LogP contribution in [-0.2, 0) is 0 Å². The molecule has 0 amide bonds. The fourth-order valence-electron chi connectivity index (χ4n) is 8.14. The van der Waals surface area contributed by atoms with Crippen LogP contribution in [-0.4, -0.2) is 0 Å². The number of anilines is 3. The molecule has 2 heterocycles. The predicted molar refractivity (Wildman–Crippen MR) is 241 cm³/mol. The summed E-state index contributed by atoms with van der Waals surface area (Å²) < 4.78 is 5.19. The molecule has 0 spiro atoms. The van der Waals surface area contributed by atoms with E-state index in [9.17, 15) is 0 Å². The van der Waals surface area contributed by atoms with E-state index in [0.717, 1.165) is 11.4 Å². The van der Waals surface area contributed by atoms with Gasteiger partial charge in [0.25, 0.3) is 0 Å². The van der Waals surface area contributed by atoms with Gasteiger partial charge in [-0.3, -0.25) is 0 Å². The number of rotatable bonds is 6. The lowest BCUT2D eigenvalue weighted by molar-refractivity contribution is 1.31. The third-order valence-corrected chi connectivity index (χ3v) is 13.3. The minimum atomic E-state index is 1.12. The summed E-state index contributed by atoms with van der Waals surface area (Å²) in [4.78, 5) is 2.49. The van der Waals surface area contributed by atoms with E-state index in [1.807, 2.05) is 22.7 Å². The van der Waals surface area contributed by atoms with Gasteiger partial charge < -0.3 is 4.90 Å². The zero-order chi connectivity index (χ0) is 36.3. The minimum Gasteiger partial charge on any atom is -0.309 e. The molecule has 0 saturated heterocycles. The van der Waals surface area contributed by atoms with Crippen LogP contribution >= 0.6 is 22.7 Å². The van der Waals surface area contributed by atoms with Crippen molar-refractivity contribution in [3.63, 3.8) is 0 Å². The van der Waals surface area contributed by atoms with Crippen molar-refractivity contribution in [2.75, 3.05) is 4.90 Å². The Morgan fingerprint density at radius 1 is 0.309 bits per heavy atom. The Balaban J connectivity index is 1.18. The quantitative estimate of drug-likeness (QED) is 0.164. The average Bonchev–Trinajstić information content (AvgIpc) is 3.83. The second kappa shape index (κ2) is 13.1. The third-order valence-electron chi connectivity index (χ3n) is 10.8. The van der Waals surface area contributed by atoms with Gasteiger partial charge in [0.15, 0.2) is 0 Å². The monoisotopic (exact) mass is 735 g/mol. The molecule has 11 rings (SSSR count). The van der Waals surface area contributed by atoms with Crippen LogP contribution in [0.1, 0.15) is 0 Å². The standard InChI is InChI=1S/C52H33NS2/c1-3-12-34(13-4-1)40-31-47-45-20-11-19-43(37-15-5-2-6-16-37)51(45)55-52(47)48(32-40)53(42-28-29-50-46(33-42)44-18-9-10-21-49(44)54-50)41-26-24-36(25-27-41)39-23-22-35-14-7-8-17-38(35)30-39/h1-33H. The molecule has 3 heteroatoms. The third kappa shape index (κ3) is 5.51. The van der Waals surface area contributed by atoms with Gasteiger partial charge in [0, 0.05) is 47.0 Å². The number of nitrogens with zero attached hydrogens (tertiary/aromatic N) is 1. The van der Waals surface area contributed by atoms with Crippen molar-refractivity contribution in [2.45, 2.75) is 0 Å². The number of hydrogen-bond donors (Lipinski definition) is 0. The lowest BCUT2D eigenvalue weighted by atomic mass is 9.98. The number of hydrogen-bond acceptors (Lipinski definition) is 3. The molecule has 258 valence electrons. The molecule has 0 N–H and O–H groups in total. The molecule has 0 radical (unpaired) electrons. The second-order valence-corrected chi connectivity index (χ2v) is 16.2. The highest BCUT2D eigenvalue weighted by atomic mass is 32.1. The molecule has 55 heavy (non-hydrogen) atoms. The highest BCUT2D eigenvalue weighted by molar-refractivity contribution is 7.27. The summed E-state index contributed by atoms with van der Waals surface area (Å²) in [6.07, 6.45) is 0. The minimum absolute atomic E-state index is 1.12. The normalized spacial score (nSPS) is 11.6. The molecule has 11 aromatic rings. The fourth-order valence-corrected chi connectivity index (χ4v) is 10.6. The molecule has 0 aliphatic carbocycles. The highest BCUT2D eigenvalue weighted by Gasteiger charge is 2.22. The van der Waals surface area contributed by atoms with Crippen LogP contribution in [0.4, 0.5) is 17.1 Å². The van der Waals surface area contributed by atoms with Crippen molar-refractivity contribution in [3.05, 3.63) is 200 Å². The van der Waals surface area contributed by atoms with Gasteiger partial charge in [-0.25, -0.2) is 0 Å². The van der Waals surface area contributed by atoms with E-state index in [2.05, 4.69) is 205 Å². The number of thiophene rings is 2. The van der Waals surface area contributed by atoms with Crippen LogP contribution in [0.25, 0.3) is 84.5 Å². The lowest BCUT2D eigenvalue weighted by Crippen LogP contribution is -2.10.